The molecule has 1 aliphatic heterocycles. The Labute approximate surface area is 138 Å². The van der Waals surface area contributed by atoms with Gasteiger partial charge in [-0.2, -0.15) is 0 Å². The van der Waals surface area contributed by atoms with E-state index in [0.717, 1.165) is 25.0 Å². The number of carbonyl (C=O) groups excluding carboxylic acids is 2. The molecule has 0 aromatic heterocycles. The van der Waals surface area contributed by atoms with Crippen molar-refractivity contribution in [2.24, 2.45) is 0 Å². The Morgan fingerprint density at radius 2 is 1.96 bits per heavy atom. The first-order valence-corrected chi connectivity index (χ1v) is 8.27. The second-order valence-electron chi connectivity index (χ2n) is 6.10. The van der Waals surface area contributed by atoms with Crippen molar-refractivity contribution in [2.75, 3.05) is 33.3 Å². The van der Waals surface area contributed by atoms with Crippen LogP contribution in [0.1, 0.15) is 31.2 Å². The van der Waals surface area contributed by atoms with Gasteiger partial charge >= 0.3 is 0 Å². The number of carbonyl (C=O) groups is 2. The summed E-state index contributed by atoms with van der Waals surface area (Å²) < 4.78 is 5.64. The topological polar surface area (TPSA) is 49.9 Å². The molecule has 1 saturated heterocycles. The van der Waals surface area contributed by atoms with Gasteiger partial charge in [0.15, 0.2) is 0 Å². The highest BCUT2D eigenvalue weighted by molar-refractivity contribution is 5.84. The van der Waals surface area contributed by atoms with Crippen LogP contribution in [0.5, 0.6) is 5.75 Å². The average Bonchev–Trinajstić information content (AvgIpc) is 2.74. The zero-order chi connectivity index (χ0) is 16.7. The van der Waals surface area contributed by atoms with E-state index in [-0.39, 0.29) is 18.4 Å². The third-order valence-electron chi connectivity index (χ3n) is 4.14. The van der Waals surface area contributed by atoms with Crippen molar-refractivity contribution in [1.29, 1.82) is 0 Å². The van der Waals surface area contributed by atoms with Gasteiger partial charge in [0.2, 0.25) is 11.8 Å². The molecule has 1 aliphatic rings. The van der Waals surface area contributed by atoms with Crippen LogP contribution in [0.25, 0.3) is 0 Å². The standard InChI is InChI=1S/C18H26N2O3/c1-15-7-9-16(10-8-15)23-13-12-19(2)18(22)14-20-11-5-3-4-6-17(20)21/h7-10H,3-6,11-14H2,1-2H3. The molecule has 0 bridgehead atoms. The van der Waals surface area contributed by atoms with Crippen LogP contribution >= 0.6 is 0 Å². The van der Waals surface area contributed by atoms with Crippen molar-refractivity contribution in [3.8, 4) is 5.75 Å². The Morgan fingerprint density at radius 3 is 2.70 bits per heavy atom. The Hall–Kier alpha value is -2.04. The molecule has 0 atom stereocenters. The number of likely N-dealkylation sites (N-methyl/N-ethyl adjacent to an activating group) is 1. The van der Waals surface area contributed by atoms with E-state index in [1.165, 1.54) is 5.56 Å². The van der Waals surface area contributed by atoms with Gasteiger partial charge < -0.3 is 14.5 Å². The normalized spacial score (nSPS) is 15.2. The summed E-state index contributed by atoms with van der Waals surface area (Å²) in [7, 11) is 1.75. The summed E-state index contributed by atoms with van der Waals surface area (Å²) in [4.78, 5) is 27.5. The maximum atomic E-state index is 12.2. The molecule has 0 saturated carbocycles. The summed E-state index contributed by atoms with van der Waals surface area (Å²) >= 11 is 0. The summed E-state index contributed by atoms with van der Waals surface area (Å²) in [5.41, 5.74) is 1.19. The monoisotopic (exact) mass is 318 g/mol. The number of hydrogen-bond donors (Lipinski definition) is 0. The van der Waals surface area contributed by atoms with Crippen LogP contribution < -0.4 is 4.74 Å². The summed E-state index contributed by atoms with van der Waals surface area (Å²) in [6.45, 7) is 3.85. The van der Waals surface area contributed by atoms with E-state index in [0.29, 0.717) is 26.1 Å². The molecule has 1 heterocycles. The molecule has 2 rings (SSSR count). The average molecular weight is 318 g/mol. The smallest absolute Gasteiger partial charge is 0.242 e. The molecule has 5 nitrogen and oxygen atoms in total. The van der Waals surface area contributed by atoms with E-state index >= 15 is 0 Å². The molecule has 0 spiro atoms. The van der Waals surface area contributed by atoms with Crippen molar-refractivity contribution in [3.63, 3.8) is 0 Å². The molecule has 0 aliphatic carbocycles. The first kappa shape index (κ1) is 17.3. The minimum absolute atomic E-state index is 0.0345. The predicted octanol–water partition coefficient (Wildman–Crippen LogP) is 2.23. The van der Waals surface area contributed by atoms with Gasteiger partial charge in [0.25, 0.3) is 0 Å². The molecule has 2 amide bonds. The van der Waals surface area contributed by atoms with Crippen LogP contribution in [0.4, 0.5) is 0 Å². The second-order valence-corrected chi connectivity index (χ2v) is 6.10. The van der Waals surface area contributed by atoms with Crippen molar-refractivity contribution >= 4 is 11.8 Å². The van der Waals surface area contributed by atoms with E-state index in [2.05, 4.69) is 0 Å². The number of amides is 2. The number of rotatable bonds is 6. The van der Waals surface area contributed by atoms with Crippen LogP contribution in [0.3, 0.4) is 0 Å². The lowest BCUT2D eigenvalue weighted by molar-refractivity contribution is -0.139. The van der Waals surface area contributed by atoms with Crippen LogP contribution in [0.2, 0.25) is 0 Å². The van der Waals surface area contributed by atoms with E-state index in [4.69, 9.17) is 4.74 Å². The zero-order valence-electron chi connectivity index (χ0n) is 14.1. The SMILES string of the molecule is Cc1ccc(OCCN(C)C(=O)CN2CCCCCC2=O)cc1. The molecule has 1 aromatic rings. The molecule has 1 aromatic carbocycles. The second kappa shape index (κ2) is 8.56. The van der Waals surface area contributed by atoms with Gasteiger partial charge in [0.1, 0.15) is 12.4 Å². The van der Waals surface area contributed by atoms with Gasteiger partial charge in [0.05, 0.1) is 13.1 Å². The van der Waals surface area contributed by atoms with Crippen LogP contribution in [-0.2, 0) is 9.59 Å². The highest BCUT2D eigenvalue weighted by atomic mass is 16.5. The maximum absolute atomic E-state index is 12.2. The summed E-state index contributed by atoms with van der Waals surface area (Å²) in [5.74, 6) is 0.868. The molecular weight excluding hydrogens is 292 g/mol. The van der Waals surface area contributed by atoms with Crippen molar-refractivity contribution < 1.29 is 14.3 Å². The Balaban J connectivity index is 1.73. The number of hydrogen-bond acceptors (Lipinski definition) is 3. The van der Waals surface area contributed by atoms with E-state index in [1.54, 1.807) is 16.8 Å². The van der Waals surface area contributed by atoms with Crippen LogP contribution in [0.15, 0.2) is 24.3 Å². The minimum Gasteiger partial charge on any atom is -0.492 e. The highest BCUT2D eigenvalue weighted by Crippen LogP contribution is 2.12. The van der Waals surface area contributed by atoms with Gasteiger partial charge in [-0.3, -0.25) is 9.59 Å². The lowest BCUT2D eigenvalue weighted by atomic mass is 10.2. The zero-order valence-corrected chi connectivity index (χ0v) is 14.1. The largest absolute Gasteiger partial charge is 0.492 e. The number of aryl methyl sites for hydroxylation is 1. The summed E-state index contributed by atoms with van der Waals surface area (Å²) in [6.07, 6.45) is 3.55. The minimum atomic E-state index is -0.0345. The molecule has 0 radical (unpaired) electrons. The molecule has 1 fully saturated rings. The lowest BCUT2D eigenvalue weighted by Crippen LogP contribution is -2.42. The third kappa shape index (κ3) is 5.58. The molecule has 126 valence electrons. The van der Waals surface area contributed by atoms with Crippen LogP contribution in [0, 0.1) is 6.92 Å². The third-order valence-corrected chi connectivity index (χ3v) is 4.14. The first-order chi connectivity index (χ1) is 11.1. The number of ether oxygens (including phenoxy) is 1. The van der Waals surface area contributed by atoms with Gasteiger partial charge in [0, 0.05) is 20.0 Å². The maximum Gasteiger partial charge on any atom is 0.242 e. The lowest BCUT2D eigenvalue weighted by Gasteiger charge is -2.24. The molecular formula is C18H26N2O3. The van der Waals surface area contributed by atoms with Gasteiger partial charge in [-0.05, 0) is 31.9 Å². The van der Waals surface area contributed by atoms with Crippen molar-refractivity contribution in [3.05, 3.63) is 29.8 Å². The molecule has 0 unspecified atom stereocenters. The van der Waals surface area contributed by atoms with Crippen molar-refractivity contribution in [2.45, 2.75) is 32.6 Å². The van der Waals surface area contributed by atoms with Crippen LogP contribution in [-0.4, -0.2) is 54.9 Å². The Kier molecular flexibility index (Phi) is 6.44. The fourth-order valence-corrected chi connectivity index (χ4v) is 2.55. The molecule has 5 heteroatoms. The van der Waals surface area contributed by atoms with Gasteiger partial charge in [-0.1, -0.05) is 24.1 Å². The quantitative estimate of drug-likeness (QED) is 0.808. The van der Waals surface area contributed by atoms with Gasteiger partial charge in [-0.15, -0.1) is 0 Å². The fourth-order valence-electron chi connectivity index (χ4n) is 2.55. The number of nitrogens with zero attached hydrogens (tertiary/aromatic N) is 2. The van der Waals surface area contributed by atoms with Crippen molar-refractivity contribution in [1.82, 2.24) is 9.80 Å². The predicted molar refractivity (Wildman–Crippen MR) is 89.4 cm³/mol. The first-order valence-electron chi connectivity index (χ1n) is 8.27. The molecule has 23 heavy (non-hydrogen) atoms. The van der Waals surface area contributed by atoms with Gasteiger partial charge in [-0.25, -0.2) is 0 Å². The van der Waals surface area contributed by atoms with E-state index in [9.17, 15) is 9.59 Å². The molecule has 0 N–H and O–H groups in total. The summed E-state index contributed by atoms with van der Waals surface area (Å²) in [6, 6.07) is 7.84. The Bertz CT molecular complexity index is 528. The van der Waals surface area contributed by atoms with E-state index < -0.39 is 0 Å². The number of likely N-dealkylation sites (tertiary alicyclic amines) is 1. The highest BCUT2D eigenvalue weighted by Gasteiger charge is 2.20. The fraction of sp³-hybridized carbons (Fsp3) is 0.556. The summed E-state index contributed by atoms with van der Waals surface area (Å²) in [5, 5.41) is 0. The van der Waals surface area contributed by atoms with E-state index in [1.807, 2.05) is 31.2 Å². The number of benzene rings is 1. The Morgan fingerprint density at radius 1 is 1.22 bits per heavy atom.